The van der Waals surface area contributed by atoms with Crippen LogP contribution in [-0.4, -0.2) is 45.9 Å². The van der Waals surface area contributed by atoms with Gasteiger partial charge in [-0.1, -0.05) is 31.2 Å². The summed E-state index contributed by atoms with van der Waals surface area (Å²) in [6.07, 6.45) is 2.82. The summed E-state index contributed by atoms with van der Waals surface area (Å²) >= 11 is 0. The summed E-state index contributed by atoms with van der Waals surface area (Å²) in [5.41, 5.74) is 6.12. The van der Waals surface area contributed by atoms with Gasteiger partial charge in [0.2, 0.25) is 0 Å². The molecule has 0 bridgehead atoms. The highest BCUT2D eigenvalue weighted by molar-refractivity contribution is 6.03. The van der Waals surface area contributed by atoms with Crippen LogP contribution in [0, 0.1) is 5.92 Å². The van der Waals surface area contributed by atoms with Crippen LogP contribution in [0.5, 0.6) is 17.2 Å². The number of nitrogens with zero attached hydrogens (tertiary/aromatic N) is 2. The number of ether oxygens (including phenoxy) is 2. The molecule has 0 amide bonds. The number of fused-ring (bicyclic) bond motifs is 2. The Balaban J connectivity index is 1.32. The Hall–Kier alpha value is -3.77. The van der Waals surface area contributed by atoms with Gasteiger partial charge in [0.05, 0.1) is 11.7 Å². The second-order valence-electron chi connectivity index (χ2n) is 10.5. The quantitative estimate of drug-likeness (QED) is 0.322. The molecule has 3 aromatic carbocycles. The predicted molar refractivity (Wildman–Crippen MR) is 147 cm³/mol. The molecule has 6 nitrogen and oxygen atoms in total. The first-order valence-electron chi connectivity index (χ1n) is 13.1. The largest absolute Gasteiger partial charge is 0.508 e. The van der Waals surface area contributed by atoms with E-state index in [1.54, 1.807) is 12.1 Å². The van der Waals surface area contributed by atoms with Gasteiger partial charge >= 0.3 is 0 Å². The molecule has 1 fully saturated rings. The fourth-order valence-corrected chi connectivity index (χ4v) is 5.65. The Bertz CT molecular complexity index is 1460. The molecule has 2 unspecified atom stereocenters. The van der Waals surface area contributed by atoms with Crippen molar-refractivity contribution in [2.45, 2.75) is 39.3 Å². The second kappa shape index (κ2) is 9.60. The van der Waals surface area contributed by atoms with E-state index >= 15 is 0 Å². The van der Waals surface area contributed by atoms with Crippen LogP contribution in [0.2, 0.25) is 0 Å². The molecule has 2 aliphatic rings. The van der Waals surface area contributed by atoms with Crippen LogP contribution in [0.4, 0.5) is 0 Å². The molecule has 0 saturated carbocycles. The number of aromatic nitrogens is 2. The van der Waals surface area contributed by atoms with Gasteiger partial charge in [-0.25, -0.2) is 0 Å². The smallest absolute Gasteiger partial charge is 0.150 e. The standard InChI is InChI=1S/C31H33N3O3/c1-19-13-14-34(17-19)20(2)18-36-24-10-7-22(8-11-24)31-30(25-5-4-6-28-27(25)16-32-33-28)21(3)26-15-23(35)9-12-29(26)37-31/h4-12,15-16,19-20,31,35H,13-14,17-18H2,1-3H3,(H,32,33)/t19-,20?,31?/m1/s1. The van der Waals surface area contributed by atoms with Gasteiger partial charge in [0, 0.05) is 29.1 Å². The summed E-state index contributed by atoms with van der Waals surface area (Å²) < 4.78 is 12.8. The van der Waals surface area contributed by atoms with Crippen LogP contribution < -0.4 is 9.47 Å². The summed E-state index contributed by atoms with van der Waals surface area (Å²) in [6, 6.07) is 20.1. The molecule has 0 spiro atoms. The van der Waals surface area contributed by atoms with Crippen molar-refractivity contribution in [3.05, 3.63) is 83.6 Å². The lowest BCUT2D eigenvalue weighted by Crippen LogP contribution is -2.35. The van der Waals surface area contributed by atoms with Gasteiger partial charge in [-0.2, -0.15) is 5.10 Å². The van der Waals surface area contributed by atoms with E-state index < -0.39 is 0 Å². The molecule has 37 heavy (non-hydrogen) atoms. The molecule has 3 heterocycles. The van der Waals surface area contributed by atoms with Gasteiger partial charge in [-0.3, -0.25) is 10.00 Å². The number of H-pyrrole nitrogens is 1. The SMILES string of the molecule is CC1=C(c2cccc3[nH]ncc23)C(c2ccc(OCC(C)N3CC[C@@H](C)C3)cc2)Oc2ccc(O)cc21. The fraction of sp³-hybridized carbons (Fsp3) is 0.323. The average molecular weight is 496 g/mol. The highest BCUT2D eigenvalue weighted by atomic mass is 16.5. The van der Waals surface area contributed by atoms with E-state index in [4.69, 9.17) is 9.47 Å². The highest BCUT2D eigenvalue weighted by Crippen LogP contribution is 2.48. The number of benzene rings is 3. The number of likely N-dealkylation sites (tertiary alicyclic amines) is 1. The van der Waals surface area contributed by atoms with Crippen LogP contribution >= 0.6 is 0 Å². The van der Waals surface area contributed by atoms with Gasteiger partial charge in [0.15, 0.2) is 0 Å². The molecule has 2 aliphatic heterocycles. The maximum atomic E-state index is 10.2. The van der Waals surface area contributed by atoms with E-state index in [9.17, 15) is 5.11 Å². The zero-order valence-corrected chi connectivity index (χ0v) is 21.6. The number of phenolic OH excluding ortho intramolecular Hbond substituents is 1. The molecule has 0 aliphatic carbocycles. The Kier molecular flexibility index (Phi) is 6.13. The van der Waals surface area contributed by atoms with Crippen molar-refractivity contribution in [2.75, 3.05) is 19.7 Å². The van der Waals surface area contributed by atoms with Gasteiger partial charge in [0.25, 0.3) is 0 Å². The number of phenols is 1. The molecule has 3 atom stereocenters. The highest BCUT2D eigenvalue weighted by Gasteiger charge is 2.31. The number of hydrogen-bond donors (Lipinski definition) is 2. The Morgan fingerprint density at radius 3 is 2.76 bits per heavy atom. The Labute approximate surface area is 217 Å². The van der Waals surface area contributed by atoms with Crippen LogP contribution in [-0.2, 0) is 0 Å². The first-order chi connectivity index (χ1) is 18.0. The Morgan fingerprint density at radius 2 is 1.97 bits per heavy atom. The molecule has 0 radical (unpaired) electrons. The van der Waals surface area contributed by atoms with Crippen LogP contribution in [0.15, 0.2) is 66.9 Å². The van der Waals surface area contributed by atoms with Crippen LogP contribution in [0.1, 0.15) is 50.0 Å². The second-order valence-corrected chi connectivity index (χ2v) is 10.5. The van der Waals surface area contributed by atoms with E-state index in [1.807, 2.05) is 36.5 Å². The average Bonchev–Trinajstić information content (AvgIpc) is 3.57. The molecular weight excluding hydrogens is 462 g/mol. The number of nitrogens with one attached hydrogen (secondary N) is 1. The molecule has 190 valence electrons. The van der Waals surface area contributed by atoms with Crippen molar-refractivity contribution >= 4 is 22.0 Å². The minimum Gasteiger partial charge on any atom is -0.508 e. The first-order valence-corrected chi connectivity index (χ1v) is 13.1. The lowest BCUT2D eigenvalue weighted by atomic mass is 9.85. The fourth-order valence-electron chi connectivity index (χ4n) is 5.65. The van der Waals surface area contributed by atoms with Gasteiger partial charge in [0.1, 0.15) is 30.0 Å². The molecule has 1 saturated heterocycles. The third-order valence-corrected chi connectivity index (χ3v) is 7.81. The maximum Gasteiger partial charge on any atom is 0.150 e. The molecule has 6 rings (SSSR count). The minimum atomic E-state index is -0.309. The minimum absolute atomic E-state index is 0.222. The predicted octanol–water partition coefficient (Wildman–Crippen LogP) is 6.44. The summed E-state index contributed by atoms with van der Waals surface area (Å²) in [4.78, 5) is 2.51. The maximum absolute atomic E-state index is 10.2. The number of aromatic amines is 1. The lowest BCUT2D eigenvalue weighted by molar-refractivity contribution is 0.169. The number of hydrogen-bond acceptors (Lipinski definition) is 5. The number of aromatic hydroxyl groups is 1. The molecular formula is C31H33N3O3. The monoisotopic (exact) mass is 495 g/mol. The summed E-state index contributed by atoms with van der Waals surface area (Å²) in [5.74, 6) is 2.62. The zero-order valence-electron chi connectivity index (χ0n) is 21.6. The van der Waals surface area contributed by atoms with Gasteiger partial charge < -0.3 is 14.6 Å². The van der Waals surface area contributed by atoms with E-state index in [1.165, 1.54) is 6.42 Å². The number of allylic oxidation sites excluding steroid dienone is 1. The van der Waals surface area contributed by atoms with E-state index in [2.05, 4.69) is 54.1 Å². The van der Waals surface area contributed by atoms with E-state index in [0.717, 1.165) is 69.2 Å². The zero-order chi connectivity index (χ0) is 25.5. The molecule has 4 aromatic rings. The van der Waals surface area contributed by atoms with E-state index in [0.29, 0.717) is 12.6 Å². The first kappa shape index (κ1) is 23.6. The molecule has 6 heteroatoms. The molecule has 1 aromatic heterocycles. The summed E-state index contributed by atoms with van der Waals surface area (Å²) in [7, 11) is 0. The van der Waals surface area contributed by atoms with Gasteiger partial charge in [-0.15, -0.1) is 0 Å². The lowest BCUT2D eigenvalue weighted by Gasteiger charge is -2.31. The number of rotatable bonds is 6. The summed E-state index contributed by atoms with van der Waals surface area (Å²) in [5, 5.41) is 18.6. The van der Waals surface area contributed by atoms with Crippen molar-refractivity contribution in [1.29, 1.82) is 0 Å². The van der Waals surface area contributed by atoms with E-state index in [-0.39, 0.29) is 11.9 Å². The van der Waals surface area contributed by atoms with Crippen LogP contribution in [0.3, 0.4) is 0 Å². The van der Waals surface area contributed by atoms with Crippen molar-refractivity contribution in [2.24, 2.45) is 5.92 Å². The molecule has 2 N–H and O–H groups in total. The van der Waals surface area contributed by atoms with Crippen molar-refractivity contribution in [1.82, 2.24) is 15.1 Å². The van der Waals surface area contributed by atoms with Crippen molar-refractivity contribution in [3.63, 3.8) is 0 Å². The Morgan fingerprint density at radius 1 is 1.14 bits per heavy atom. The van der Waals surface area contributed by atoms with Gasteiger partial charge in [-0.05, 0) is 85.8 Å². The van der Waals surface area contributed by atoms with Crippen LogP contribution in [0.25, 0.3) is 22.0 Å². The topological polar surface area (TPSA) is 70.6 Å². The normalized spacial score (nSPS) is 20.6. The van der Waals surface area contributed by atoms with Crippen molar-refractivity contribution < 1.29 is 14.6 Å². The summed E-state index contributed by atoms with van der Waals surface area (Å²) in [6.45, 7) is 9.64. The third-order valence-electron chi connectivity index (χ3n) is 7.81. The third kappa shape index (κ3) is 4.46. The van der Waals surface area contributed by atoms with Crippen molar-refractivity contribution in [3.8, 4) is 17.2 Å².